The molecule has 3 rings (SSSR count). The van der Waals surface area contributed by atoms with Crippen molar-refractivity contribution >= 4 is 32.5 Å². The average Bonchev–Trinajstić information content (AvgIpc) is 2.58. The number of rotatable bonds is 3. The molecule has 0 unspecified atom stereocenters. The molecule has 0 atom stereocenters. The maximum absolute atomic E-state index is 13.7. The van der Waals surface area contributed by atoms with E-state index >= 15 is 0 Å². The second-order valence-electron chi connectivity index (χ2n) is 5.81. The minimum Gasteiger partial charge on any atom is -0.465 e. The highest BCUT2D eigenvalue weighted by atomic mass is 32.2. The number of sulfone groups is 1. The van der Waals surface area contributed by atoms with E-state index in [4.69, 9.17) is 0 Å². The van der Waals surface area contributed by atoms with Gasteiger partial charge in [-0.2, -0.15) is 0 Å². The van der Waals surface area contributed by atoms with E-state index in [-0.39, 0.29) is 21.8 Å². The summed E-state index contributed by atoms with van der Waals surface area (Å²) in [4.78, 5) is 16.8. The van der Waals surface area contributed by atoms with Gasteiger partial charge in [0.25, 0.3) is 0 Å². The molecule has 1 aromatic heterocycles. The Morgan fingerprint density at radius 2 is 1.85 bits per heavy atom. The number of carbonyl (C=O) groups is 1. The summed E-state index contributed by atoms with van der Waals surface area (Å²) in [6, 6.07) is 11.7. The second-order valence-corrected chi connectivity index (χ2v) is 7.79. The van der Waals surface area contributed by atoms with Crippen LogP contribution in [0.1, 0.15) is 0 Å². The smallest absolute Gasteiger partial charge is 0.411 e. The van der Waals surface area contributed by atoms with Gasteiger partial charge in [-0.15, -0.1) is 0 Å². The lowest BCUT2D eigenvalue weighted by Gasteiger charge is -2.19. The molecule has 0 radical (unpaired) electrons. The number of benzene rings is 2. The third-order valence-electron chi connectivity index (χ3n) is 3.93. The Bertz CT molecular complexity index is 1130. The number of nitrogens with zero attached hydrogens (tertiary/aromatic N) is 2. The number of carboxylic acid groups (broad SMARTS) is 1. The summed E-state index contributed by atoms with van der Waals surface area (Å²) in [6.45, 7) is 0. The first-order valence-corrected chi connectivity index (χ1v) is 9.44. The molecule has 26 heavy (non-hydrogen) atoms. The fourth-order valence-electron chi connectivity index (χ4n) is 2.67. The summed E-state index contributed by atoms with van der Waals surface area (Å²) in [5.41, 5.74) is 0.953. The molecule has 1 heterocycles. The van der Waals surface area contributed by atoms with Crippen LogP contribution in [0, 0.1) is 5.82 Å². The van der Waals surface area contributed by atoms with E-state index in [1.165, 1.54) is 37.4 Å². The van der Waals surface area contributed by atoms with Crippen LogP contribution in [0.4, 0.5) is 14.9 Å². The Labute approximate surface area is 149 Å². The SMILES string of the molecule is CN(C(=O)O)c1cc2cccc(S(C)(=O)=O)c2nc1-c1cccc(F)c1. The maximum atomic E-state index is 13.7. The van der Waals surface area contributed by atoms with Gasteiger partial charge < -0.3 is 5.11 Å². The van der Waals surface area contributed by atoms with Gasteiger partial charge in [-0.25, -0.2) is 22.6 Å². The Morgan fingerprint density at radius 1 is 1.15 bits per heavy atom. The molecule has 1 N–H and O–H groups in total. The zero-order valence-corrected chi connectivity index (χ0v) is 14.8. The van der Waals surface area contributed by atoms with Crippen LogP contribution < -0.4 is 4.90 Å². The van der Waals surface area contributed by atoms with Crippen molar-refractivity contribution in [2.24, 2.45) is 0 Å². The topological polar surface area (TPSA) is 87.6 Å². The Hall–Kier alpha value is -3.00. The largest absolute Gasteiger partial charge is 0.465 e. The van der Waals surface area contributed by atoms with Crippen LogP contribution in [0.2, 0.25) is 0 Å². The fourth-order valence-corrected chi connectivity index (χ4v) is 3.51. The van der Waals surface area contributed by atoms with Crippen molar-refractivity contribution in [1.82, 2.24) is 4.98 Å². The van der Waals surface area contributed by atoms with E-state index in [1.54, 1.807) is 18.2 Å². The number of hydrogen-bond donors (Lipinski definition) is 1. The Morgan fingerprint density at radius 3 is 2.46 bits per heavy atom. The van der Waals surface area contributed by atoms with Crippen molar-refractivity contribution in [2.75, 3.05) is 18.2 Å². The first kappa shape index (κ1) is 17.8. The summed E-state index contributed by atoms with van der Waals surface area (Å²) in [7, 11) is -2.21. The van der Waals surface area contributed by atoms with Crippen molar-refractivity contribution < 1.29 is 22.7 Å². The summed E-state index contributed by atoms with van der Waals surface area (Å²) < 4.78 is 37.8. The van der Waals surface area contributed by atoms with Gasteiger partial charge in [0.15, 0.2) is 9.84 Å². The highest BCUT2D eigenvalue weighted by molar-refractivity contribution is 7.91. The van der Waals surface area contributed by atoms with Gasteiger partial charge in [0.1, 0.15) is 5.82 Å². The van der Waals surface area contributed by atoms with Crippen molar-refractivity contribution in [1.29, 1.82) is 0 Å². The van der Waals surface area contributed by atoms with Gasteiger partial charge >= 0.3 is 6.09 Å². The molecule has 2 aromatic carbocycles. The van der Waals surface area contributed by atoms with Crippen LogP contribution in [-0.4, -0.2) is 37.9 Å². The molecule has 0 spiro atoms. The standard InChI is InChI=1S/C18H15FN2O4S/c1-21(18(22)23)14-10-12-6-4-8-15(26(2,24)25)17(12)20-16(14)11-5-3-7-13(19)9-11/h3-10H,1-2H3,(H,22,23). The third-order valence-corrected chi connectivity index (χ3v) is 5.06. The monoisotopic (exact) mass is 374 g/mol. The number of hydrogen-bond acceptors (Lipinski definition) is 4. The number of pyridine rings is 1. The van der Waals surface area contributed by atoms with Crippen molar-refractivity contribution in [3.8, 4) is 11.3 Å². The molecule has 0 aliphatic carbocycles. The van der Waals surface area contributed by atoms with E-state index < -0.39 is 21.7 Å². The summed E-state index contributed by atoms with van der Waals surface area (Å²) in [5.74, 6) is -0.510. The van der Waals surface area contributed by atoms with E-state index in [0.29, 0.717) is 10.9 Å². The third kappa shape index (κ3) is 3.23. The normalized spacial score (nSPS) is 11.5. The predicted molar refractivity (Wildman–Crippen MR) is 96.7 cm³/mol. The molecule has 3 aromatic rings. The first-order chi connectivity index (χ1) is 12.2. The van der Waals surface area contributed by atoms with E-state index in [9.17, 15) is 22.7 Å². The van der Waals surface area contributed by atoms with Crippen LogP contribution in [0.3, 0.4) is 0 Å². The molecule has 0 saturated carbocycles. The molecular formula is C18H15FN2O4S. The van der Waals surface area contributed by atoms with Gasteiger partial charge in [-0.3, -0.25) is 4.90 Å². The molecule has 6 nitrogen and oxygen atoms in total. The molecule has 8 heteroatoms. The lowest BCUT2D eigenvalue weighted by Crippen LogP contribution is -2.24. The van der Waals surface area contributed by atoms with Crippen molar-refractivity contribution in [3.63, 3.8) is 0 Å². The lowest BCUT2D eigenvalue weighted by molar-refractivity contribution is 0.203. The molecule has 0 saturated heterocycles. The second kappa shape index (κ2) is 6.38. The van der Waals surface area contributed by atoms with Crippen LogP contribution in [-0.2, 0) is 9.84 Å². The summed E-state index contributed by atoms with van der Waals surface area (Å²) in [6.07, 6.45) is -0.147. The minimum atomic E-state index is -3.55. The predicted octanol–water partition coefficient (Wildman–Crippen LogP) is 3.56. The molecule has 0 aliphatic heterocycles. The van der Waals surface area contributed by atoms with Crippen molar-refractivity contribution in [3.05, 3.63) is 54.3 Å². The van der Waals surface area contributed by atoms with Gasteiger partial charge in [0.2, 0.25) is 0 Å². The number of amides is 1. The van der Waals surface area contributed by atoms with Crippen LogP contribution in [0.25, 0.3) is 22.2 Å². The first-order valence-electron chi connectivity index (χ1n) is 7.55. The number of anilines is 1. The van der Waals surface area contributed by atoms with Gasteiger partial charge in [-0.05, 0) is 24.3 Å². The van der Waals surface area contributed by atoms with Crippen LogP contribution in [0.15, 0.2) is 53.4 Å². The highest BCUT2D eigenvalue weighted by Crippen LogP contribution is 2.34. The maximum Gasteiger partial charge on any atom is 0.411 e. The van der Waals surface area contributed by atoms with Crippen LogP contribution >= 0.6 is 0 Å². The summed E-state index contributed by atoms with van der Waals surface area (Å²) in [5, 5.41) is 9.81. The molecular weight excluding hydrogens is 359 g/mol. The van der Waals surface area contributed by atoms with Crippen molar-refractivity contribution in [2.45, 2.75) is 4.90 Å². The van der Waals surface area contributed by atoms with Gasteiger partial charge in [0.05, 0.1) is 21.8 Å². The van der Waals surface area contributed by atoms with Gasteiger partial charge in [-0.1, -0.05) is 24.3 Å². The Kier molecular flexibility index (Phi) is 4.37. The molecule has 1 amide bonds. The molecule has 0 fully saturated rings. The van der Waals surface area contributed by atoms with Crippen LogP contribution in [0.5, 0.6) is 0 Å². The number of fused-ring (bicyclic) bond motifs is 1. The number of halogens is 1. The molecule has 134 valence electrons. The minimum absolute atomic E-state index is 0.0252. The van der Waals surface area contributed by atoms with E-state index in [0.717, 1.165) is 11.2 Å². The van der Waals surface area contributed by atoms with Gasteiger partial charge in [0, 0.05) is 24.3 Å². The zero-order valence-electron chi connectivity index (χ0n) is 14.0. The fraction of sp³-hybridized carbons (Fsp3) is 0.111. The van der Waals surface area contributed by atoms with E-state index in [2.05, 4.69) is 4.98 Å². The molecule has 0 aliphatic rings. The quantitative estimate of drug-likeness (QED) is 0.757. The lowest BCUT2D eigenvalue weighted by atomic mass is 10.1. The number of para-hydroxylation sites is 1. The zero-order chi connectivity index (χ0) is 19.1. The van der Waals surface area contributed by atoms with E-state index in [1.807, 2.05) is 0 Å². The Balaban J connectivity index is 2.42. The number of aromatic nitrogens is 1. The molecule has 0 bridgehead atoms. The average molecular weight is 374 g/mol. The highest BCUT2D eigenvalue weighted by Gasteiger charge is 2.20. The summed E-state index contributed by atoms with van der Waals surface area (Å²) >= 11 is 0.